The van der Waals surface area contributed by atoms with Gasteiger partial charge in [-0.3, -0.25) is 0 Å². The Balaban J connectivity index is 2.15. The second-order valence-electron chi connectivity index (χ2n) is 7.13. The fourth-order valence-electron chi connectivity index (χ4n) is 2.77. The second-order valence-corrected chi connectivity index (χ2v) is 7.13. The topological polar surface area (TPSA) is 53.4 Å². The molecule has 9 heteroatoms. The zero-order valence-electron chi connectivity index (χ0n) is 17.0. The van der Waals surface area contributed by atoms with Crippen molar-refractivity contribution < 1.29 is 18.0 Å². The smallest absolute Gasteiger partial charge is 0.338 e. The summed E-state index contributed by atoms with van der Waals surface area (Å²) in [5, 5.41) is 2.87. The summed E-state index contributed by atoms with van der Waals surface area (Å²) in [6, 6.07) is 5.07. The van der Waals surface area contributed by atoms with Gasteiger partial charge < -0.3 is 19.7 Å². The van der Waals surface area contributed by atoms with Gasteiger partial charge in [0.15, 0.2) is 0 Å². The zero-order valence-corrected chi connectivity index (χ0v) is 17.0. The van der Waals surface area contributed by atoms with Gasteiger partial charge in [0.25, 0.3) is 0 Å². The highest BCUT2D eigenvalue weighted by Gasteiger charge is 2.30. The number of nitrogens with one attached hydrogen (secondary N) is 1. The van der Waals surface area contributed by atoms with Gasteiger partial charge in [-0.15, -0.1) is 0 Å². The van der Waals surface area contributed by atoms with E-state index in [9.17, 15) is 18.0 Å². The molecule has 29 heavy (non-hydrogen) atoms. The number of likely N-dealkylation sites (N-methyl/N-ethyl adjacent to an activating group) is 1. The van der Waals surface area contributed by atoms with E-state index in [1.54, 1.807) is 27.9 Å². The molecule has 160 valence electrons. The van der Waals surface area contributed by atoms with E-state index in [1.807, 2.05) is 25.9 Å². The van der Waals surface area contributed by atoms with E-state index >= 15 is 0 Å². The molecule has 0 radical (unpaired) electrons. The summed E-state index contributed by atoms with van der Waals surface area (Å²) in [4.78, 5) is 20.5. The van der Waals surface area contributed by atoms with Crippen LogP contribution in [0.1, 0.15) is 30.3 Å². The van der Waals surface area contributed by atoms with Crippen molar-refractivity contribution in [1.29, 1.82) is 0 Å². The van der Waals surface area contributed by atoms with E-state index in [0.29, 0.717) is 31.0 Å². The lowest BCUT2D eigenvalue weighted by atomic mass is 10.1. The molecule has 1 aromatic heterocycles. The van der Waals surface area contributed by atoms with Crippen LogP contribution >= 0.6 is 0 Å². The highest BCUT2D eigenvalue weighted by Crippen LogP contribution is 2.29. The van der Waals surface area contributed by atoms with Gasteiger partial charge in [0.05, 0.1) is 12.1 Å². The SMILES string of the molecule is CCCNC(=O)N(CCN(C)C)Cc1nccn1Cc1cccc(C(F)(F)F)c1. The van der Waals surface area contributed by atoms with Crippen LogP contribution in [0.15, 0.2) is 36.7 Å². The van der Waals surface area contributed by atoms with Gasteiger partial charge in [-0.2, -0.15) is 13.2 Å². The number of urea groups is 1. The first-order chi connectivity index (χ1) is 13.7. The molecule has 0 aliphatic rings. The number of imidazole rings is 1. The standard InChI is InChI=1S/C20H28F3N5O/c1-4-8-25-19(29)28(12-11-26(2)3)15-18-24-9-10-27(18)14-16-6-5-7-17(13-16)20(21,22)23/h5-7,9-10,13H,4,8,11-12,14-15H2,1-3H3,(H,25,29). The van der Waals surface area contributed by atoms with Crippen LogP contribution < -0.4 is 5.32 Å². The molecule has 0 saturated heterocycles. The number of amides is 2. The number of benzene rings is 1. The first kappa shape index (κ1) is 22.7. The van der Waals surface area contributed by atoms with E-state index in [2.05, 4.69) is 10.3 Å². The molecular formula is C20H28F3N5O. The predicted octanol–water partition coefficient (Wildman–Crippen LogP) is 3.43. The quantitative estimate of drug-likeness (QED) is 0.688. The summed E-state index contributed by atoms with van der Waals surface area (Å²) >= 11 is 0. The van der Waals surface area contributed by atoms with Crippen LogP contribution in [0.5, 0.6) is 0 Å². The maximum Gasteiger partial charge on any atom is 0.416 e. The third-order valence-corrected chi connectivity index (χ3v) is 4.37. The molecule has 0 fully saturated rings. The number of carbonyl (C=O) groups excluding carboxylic acids is 1. The van der Waals surface area contributed by atoms with Crippen LogP contribution in [0.25, 0.3) is 0 Å². The van der Waals surface area contributed by atoms with E-state index in [1.165, 1.54) is 6.07 Å². The number of alkyl halides is 3. The van der Waals surface area contributed by atoms with Gasteiger partial charge in [-0.05, 0) is 38.2 Å². The molecule has 0 atom stereocenters. The van der Waals surface area contributed by atoms with Crippen molar-refractivity contribution in [2.24, 2.45) is 0 Å². The number of carbonyl (C=O) groups is 1. The van der Waals surface area contributed by atoms with Crippen LogP contribution in [-0.4, -0.2) is 59.1 Å². The first-order valence-corrected chi connectivity index (χ1v) is 9.54. The summed E-state index contributed by atoms with van der Waals surface area (Å²) in [5.74, 6) is 0.618. The highest BCUT2D eigenvalue weighted by atomic mass is 19.4. The van der Waals surface area contributed by atoms with E-state index < -0.39 is 11.7 Å². The largest absolute Gasteiger partial charge is 0.416 e. The maximum atomic E-state index is 13.0. The maximum absolute atomic E-state index is 13.0. The Morgan fingerprint density at radius 3 is 2.66 bits per heavy atom. The lowest BCUT2D eigenvalue weighted by Gasteiger charge is -2.25. The van der Waals surface area contributed by atoms with Crippen LogP contribution in [-0.2, 0) is 19.3 Å². The zero-order chi connectivity index (χ0) is 21.4. The van der Waals surface area contributed by atoms with Crippen molar-refractivity contribution in [2.75, 3.05) is 33.7 Å². The molecule has 2 aromatic rings. The molecule has 0 unspecified atom stereocenters. The summed E-state index contributed by atoms with van der Waals surface area (Å²) in [7, 11) is 3.85. The number of rotatable bonds is 9. The third-order valence-electron chi connectivity index (χ3n) is 4.37. The van der Waals surface area contributed by atoms with Crippen molar-refractivity contribution in [3.63, 3.8) is 0 Å². The molecule has 0 aliphatic carbocycles. The fourth-order valence-corrected chi connectivity index (χ4v) is 2.77. The number of nitrogens with zero attached hydrogens (tertiary/aromatic N) is 4. The van der Waals surface area contributed by atoms with Crippen molar-refractivity contribution in [3.8, 4) is 0 Å². The minimum Gasteiger partial charge on any atom is -0.338 e. The van der Waals surface area contributed by atoms with Crippen molar-refractivity contribution in [3.05, 3.63) is 53.6 Å². The van der Waals surface area contributed by atoms with E-state index in [0.717, 1.165) is 18.6 Å². The van der Waals surface area contributed by atoms with Crippen molar-refractivity contribution in [1.82, 2.24) is 24.7 Å². The summed E-state index contributed by atoms with van der Waals surface area (Å²) in [6.45, 7) is 4.28. The normalized spacial score (nSPS) is 11.7. The Labute approximate surface area is 169 Å². The minimum absolute atomic E-state index is 0.178. The lowest BCUT2D eigenvalue weighted by Crippen LogP contribution is -2.43. The fraction of sp³-hybridized carbons (Fsp3) is 0.500. The molecule has 1 heterocycles. The monoisotopic (exact) mass is 411 g/mol. The molecule has 0 aliphatic heterocycles. The van der Waals surface area contributed by atoms with Crippen LogP contribution in [0, 0.1) is 0 Å². The molecule has 0 spiro atoms. The molecule has 0 bridgehead atoms. The Morgan fingerprint density at radius 1 is 1.24 bits per heavy atom. The van der Waals surface area contributed by atoms with E-state index in [4.69, 9.17) is 0 Å². The van der Waals surface area contributed by atoms with Crippen LogP contribution in [0.3, 0.4) is 0 Å². The number of halogens is 3. The number of aromatic nitrogens is 2. The summed E-state index contributed by atoms with van der Waals surface area (Å²) in [5.41, 5.74) is -0.155. The summed E-state index contributed by atoms with van der Waals surface area (Å²) < 4.78 is 40.7. The predicted molar refractivity (Wildman–Crippen MR) is 105 cm³/mol. The number of hydrogen-bond donors (Lipinski definition) is 1. The van der Waals surface area contributed by atoms with Crippen molar-refractivity contribution >= 4 is 6.03 Å². The molecule has 1 aromatic carbocycles. The first-order valence-electron chi connectivity index (χ1n) is 9.54. The average molecular weight is 411 g/mol. The molecule has 6 nitrogen and oxygen atoms in total. The van der Waals surface area contributed by atoms with Gasteiger partial charge in [0.1, 0.15) is 5.82 Å². The lowest BCUT2D eigenvalue weighted by molar-refractivity contribution is -0.137. The number of hydrogen-bond acceptors (Lipinski definition) is 3. The van der Waals surface area contributed by atoms with Crippen LogP contribution in [0.4, 0.5) is 18.0 Å². The van der Waals surface area contributed by atoms with Gasteiger partial charge in [0, 0.05) is 38.6 Å². The molecule has 0 saturated carbocycles. The van der Waals surface area contributed by atoms with E-state index in [-0.39, 0.29) is 19.1 Å². The Bertz CT molecular complexity index is 788. The van der Waals surface area contributed by atoms with Gasteiger partial charge in [0.2, 0.25) is 0 Å². The Kier molecular flexibility index (Phi) is 8.07. The van der Waals surface area contributed by atoms with Gasteiger partial charge in [-0.25, -0.2) is 9.78 Å². The Hall–Kier alpha value is -2.55. The van der Waals surface area contributed by atoms with Gasteiger partial charge >= 0.3 is 12.2 Å². The molecule has 2 amide bonds. The second kappa shape index (κ2) is 10.3. The summed E-state index contributed by atoms with van der Waals surface area (Å²) in [6.07, 6.45) is -0.244. The Morgan fingerprint density at radius 2 is 2.00 bits per heavy atom. The minimum atomic E-state index is -4.38. The molecule has 2 rings (SSSR count). The third kappa shape index (κ3) is 7.08. The van der Waals surface area contributed by atoms with Gasteiger partial charge in [-0.1, -0.05) is 19.1 Å². The average Bonchev–Trinajstić information content (AvgIpc) is 3.09. The van der Waals surface area contributed by atoms with Crippen LogP contribution in [0.2, 0.25) is 0 Å². The molecular weight excluding hydrogens is 383 g/mol. The van der Waals surface area contributed by atoms with Crippen molar-refractivity contribution in [2.45, 2.75) is 32.6 Å². The highest BCUT2D eigenvalue weighted by molar-refractivity contribution is 5.74. The molecule has 1 N–H and O–H groups in total.